The fourth-order valence-corrected chi connectivity index (χ4v) is 3.06. The minimum absolute atomic E-state index is 0.135. The quantitative estimate of drug-likeness (QED) is 0.798. The molecule has 1 N–H and O–H groups in total. The molecule has 0 radical (unpaired) electrons. The molecule has 0 fully saturated rings. The van der Waals surface area contributed by atoms with Gasteiger partial charge in [-0.1, -0.05) is 6.92 Å². The fourth-order valence-electron chi connectivity index (χ4n) is 2.32. The Kier molecular flexibility index (Phi) is 6.24. The van der Waals surface area contributed by atoms with E-state index in [1.807, 2.05) is 12.1 Å². The van der Waals surface area contributed by atoms with Crippen LogP contribution in [0.3, 0.4) is 0 Å². The number of hydrogen-bond donors (Lipinski definition) is 1. The highest BCUT2D eigenvalue weighted by Crippen LogP contribution is 2.39. The maximum Gasteiger partial charge on any atom is 0.203 e. The molecular weight excluding hydrogens is 312 g/mol. The summed E-state index contributed by atoms with van der Waals surface area (Å²) in [6.45, 7) is 4.96. The lowest BCUT2D eigenvalue weighted by atomic mass is 10.1. The molecule has 0 aliphatic carbocycles. The third-order valence-corrected chi connectivity index (χ3v) is 4.72. The molecule has 1 aromatic heterocycles. The van der Waals surface area contributed by atoms with Crippen LogP contribution in [0.5, 0.6) is 17.2 Å². The average Bonchev–Trinajstić information content (AvgIpc) is 3.06. The highest BCUT2D eigenvalue weighted by molar-refractivity contribution is 7.09. The van der Waals surface area contributed by atoms with Gasteiger partial charge in [0.25, 0.3) is 0 Å². The lowest BCUT2D eigenvalue weighted by molar-refractivity contribution is 0.323. The molecule has 1 aromatic carbocycles. The van der Waals surface area contributed by atoms with Crippen molar-refractivity contribution in [3.8, 4) is 17.2 Å². The van der Waals surface area contributed by atoms with Crippen molar-refractivity contribution in [3.63, 3.8) is 0 Å². The summed E-state index contributed by atoms with van der Waals surface area (Å²) < 4.78 is 16.2. The van der Waals surface area contributed by atoms with Crippen molar-refractivity contribution in [2.45, 2.75) is 32.9 Å². The number of ether oxygens (including phenoxy) is 3. The number of aryl methyl sites for hydroxylation is 1. The van der Waals surface area contributed by atoms with Crippen molar-refractivity contribution >= 4 is 11.3 Å². The largest absolute Gasteiger partial charge is 0.493 e. The normalized spacial score (nSPS) is 12.0. The van der Waals surface area contributed by atoms with Crippen LogP contribution in [-0.2, 0) is 13.0 Å². The molecule has 0 bridgehead atoms. The monoisotopic (exact) mass is 336 g/mol. The molecule has 0 aliphatic heterocycles. The Bertz CT molecular complexity index is 618. The van der Waals surface area contributed by atoms with E-state index in [-0.39, 0.29) is 6.04 Å². The van der Waals surface area contributed by atoms with Crippen LogP contribution < -0.4 is 19.5 Å². The van der Waals surface area contributed by atoms with Crippen molar-refractivity contribution in [3.05, 3.63) is 33.8 Å². The van der Waals surface area contributed by atoms with Crippen LogP contribution in [0.4, 0.5) is 0 Å². The van der Waals surface area contributed by atoms with Crippen LogP contribution in [0.1, 0.15) is 36.2 Å². The fraction of sp³-hybridized carbons (Fsp3) is 0.471. The first-order chi connectivity index (χ1) is 11.1. The van der Waals surface area contributed by atoms with Gasteiger partial charge in [-0.25, -0.2) is 4.98 Å². The molecule has 0 amide bonds. The second-order valence-corrected chi connectivity index (χ2v) is 6.09. The standard InChI is InChI=1S/C17H24N2O3S/c1-6-16-19-13(10-23-16)9-18-11(2)12-7-14(20-3)17(22-5)15(8-12)21-4/h7-8,10-11,18H,6,9H2,1-5H3. The predicted octanol–water partition coefficient (Wildman–Crippen LogP) is 3.58. The topological polar surface area (TPSA) is 52.6 Å². The third-order valence-electron chi connectivity index (χ3n) is 3.68. The maximum absolute atomic E-state index is 5.41. The number of nitrogens with one attached hydrogen (secondary N) is 1. The zero-order chi connectivity index (χ0) is 16.8. The average molecular weight is 336 g/mol. The summed E-state index contributed by atoms with van der Waals surface area (Å²) in [6, 6.07) is 4.07. The van der Waals surface area contributed by atoms with E-state index in [1.54, 1.807) is 32.7 Å². The minimum atomic E-state index is 0.135. The summed E-state index contributed by atoms with van der Waals surface area (Å²) in [7, 11) is 4.86. The zero-order valence-electron chi connectivity index (χ0n) is 14.3. The molecule has 0 aliphatic rings. The number of methoxy groups -OCH3 is 3. The van der Waals surface area contributed by atoms with E-state index in [2.05, 4.69) is 29.5 Å². The maximum atomic E-state index is 5.41. The molecule has 0 saturated carbocycles. The first-order valence-corrected chi connectivity index (χ1v) is 8.47. The molecule has 2 rings (SSSR count). The van der Waals surface area contributed by atoms with Crippen molar-refractivity contribution in [1.82, 2.24) is 10.3 Å². The minimum Gasteiger partial charge on any atom is -0.493 e. The SMILES string of the molecule is CCc1nc(CNC(C)c2cc(OC)c(OC)c(OC)c2)cs1. The molecule has 23 heavy (non-hydrogen) atoms. The van der Waals surface area contributed by atoms with Gasteiger partial charge < -0.3 is 19.5 Å². The summed E-state index contributed by atoms with van der Waals surface area (Å²) in [6.07, 6.45) is 0.979. The third kappa shape index (κ3) is 4.14. The van der Waals surface area contributed by atoms with Crippen LogP contribution in [-0.4, -0.2) is 26.3 Å². The van der Waals surface area contributed by atoms with Crippen molar-refractivity contribution in [2.75, 3.05) is 21.3 Å². The van der Waals surface area contributed by atoms with Gasteiger partial charge in [-0.2, -0.15) is 0 Å². The Balaban J connectivity index is 2.13. The zero-order valence-corrected chi connectivity index (χ0v) is 15.1. The van der Waals surface area contributed by atoms with Gasteiger partial charge in [0, 0.05) is 18.0 Å². The molecular formula is C17H24N2O3S. The summed E-state index contributed by atoms with van der Waals surface area (Å²) in [4.78, 5) is 4.58. The van der Waals surface area contributed by atoms with Crippen molar-refractivity contribution in [1.29, 1.82) is 0 Å². The highest BCUT2D eigenvalue weighted by atomic mass is 32.1. The van der Waals surface area contributed by atoms with Crippen LogP contribution in [0, 0.1) is 0 Å². The second-order valence-electron chi connectivity index (χ2n) is 5.15. The number of rotatable bonds is 8. The number of aromatic nitrogens is 1. The Morgan fingerprint density at radius 3 is 2.26 bits per heavy atom. The summed E-state index contributed by atoms with van der Waals surface area (Å²) in [5.41, 5.74) is 2.15. The van der Waals surface area contributed by atoms with Gasteiger partial charge in [0.2, 0.25) is 5.75 Å². The van der Waals surface area contributed by atoms with E-state index in [1.165, 1.54) is 5.01 Å². The van der Waals surface area contributed by atoms with Crippen LogP contribution in [0.25, 0.3) is 0 Å². The summed E-state index contributed by atoms with van der Waals surface area (Å²) in [5.74, 6) is 1.94. The Labute approximate surface area is 141 Å². The van der Waals surface area contributed by atoms with Crippen LogP contribution in [0.15, 0.2) is 17.5 Å². The molecule has 6 heteroatoms. The van der Waals surface area contributed by atoms with E-state index in [0.29, 0.717) is 17.2 Å². The smallest absolute Gasteiger partial charge is 0.203 e. The molecule has 1 atom stereocenters. The van der Waals surface area contributed by atoms with Gasteiger partial charge in [0.15, 0.2) is 11.5 Å². The van der Waals surface area contributed by atoms with Crippen LogP contribution in [0.2, 0.25) is 0 Å². The Morgan fingerprint density at radius 1 is 1.13 bits per heavy atom. The summed E-state index contributed by atoms with van der Waals surface area (Å²) in [5, 5.41) is 6.76. The Morgan fingerprint density at radius 2 is 1.78 bits per heavy atom. The molecule has 0 spiro atoms. The summed E-state index contributed by atoms with van der Waals surface area (Å²) >= 11 is 1.71. The molecule has 0 saturated heterocycles. The lowest BCUT2D eigenvalue weighted by Gasteiger charge is -2.18. The first-order valence-electron chi connectivity index (χ1n) is 7.59. The van der Waals surface area contributed by atoms with Gasteiger partial charge in [-0.05, 0) is 31.0 Å². The number of benzene rings is 1. The highest BCUT2D eigenvalue weighted by Gasteiger charge is 2.16. The number of nitrogens with zero attached hydrogens (tertiary/aromatic N) is 1. The van der Waals surface area contributed by atoms with E-state index in [0.717, 1.165) is 24.2 Å². The van der Waals surface area contributed by atoms with Gasteiger partial charge in [-0.15, -0.1) is 11.3 Å². The van der Waals surface area contributed by atoms with Gasteiger partial charge >= 0.3 is 0 Å². The van der Waals surface area contributed by atoms with E-state index >= 15 is 0 Å². The molecule has 1 heterocycles. The van der Waals surface area contributed by atoms with Crippen molar-refractivity contribution in [2.24, 2.45) is 0 Å². The van der Waals surface area contributed by atoms with Crippen molar-refractivity contribution < 1.29 is 14.2 Å². The molecule has 1 unspecified atom stereocenters. The van der Waals surface area contributed by atoms with E-state index in [4.69, 9.17) is 14.2 Å². The van der Waals surface area contributed by atoms with Gasteiger partial charge in [0.05, 0.1) is 32.0 Å². The number of hydrogen-bond acceptors (Lipinski definition) is 6. The van der Waals surface area contributed by atoms with Gasteiger partial charge in [-0.3, -0.25) is 0 Å². The Hall–Kier alpha value is -1.79. The molecule has 126 valence electrons. The lowest BCUT2D eigenvalue weighted by Crippen LogP contribution is -2.18. The van der Waals surface area contributed by atoms with Crippen LogP contribution >= 0.6 is 11.3 Å². The first kappa shape index (κ1) is 17.6. The van der Waals surface area contributed by atoms with E-state index < -0.39 is 0 Å². The molecule has 5 nitrogen and oxygen atoms in total. The second kappa shape index (κ2) is 8.17. The number of thiazole rings is 1. The predicted molar refractivity (Wildman–Crippen MR) is 92.8 cm³/mol. The van der Waals surface area contributed by atoms with Gasteiger partial charge in [0.1, 0.15) is 0 Å². The molecule has 2 aromatic rings. The van der Waals surface area contributed by atoms with E-state index in [9.17, 15) is 0 Å².